The summed E-state index contributed by atoms with van der Waals surface area (Å²) < 4.78 is 0. The van der Waals surface area contributed by atoms with E-state index in [2.05, 4.69) is 4.98 Å². The number of halogens is 1. The standard InChI is InChI=1S/C25H26ClN3O4/c26-21-13-18(19-11-16(14-27-15-19)12-22(30)17-1-2-17)3-4-20(21)23(31)28-7-9-29(10-8-28)24(32)25(33)5-6-25/h3-4,11,13-15,17,33H,1-2,5-10,12H2. The van der Waals surface area contributed by atoms with Gasteiger partial charge in [0.25, 0.3) is 11.8 Å². The molecular weight excluding hydrogens is 442 g/mol. The molecule has 8 heteroatoms. The lowest BCUT2D eigenvalue weighted by molar-refractivity contribution is -0.143. The smallest absolute Gasteiger partial charge is 0.255 e. The van der Waals surface area contributed by atoms with Gasteiger partial charge in [-0.15, -0.1) is 0 Å². The number of aromatic nitrogens is 1. The van der Waals surface area contributed by atoms with Crippen LogP contribution >= 0.6 is 11.6 Å². The number of carbonyl (C=O) groups is 3. The van der Waals surface area contributed by atoms with Crippen molar-refractivity contribution in [3.63, 3.8) is 0 Å². The average Bonchev–Trinajstić information content (AvgIpc) is 3.75. The molecule has 2 amide bonds. The Balaban J connectivity index is 1.25. The topological polar surface area (TPSA) is 90.8 Å². The number of ketones is 1. The molecule has 172 valence electrons. The molecule has 0 radical (unpaired) electrons. The van der Waals surface area contributed by atoms with Gasteiger partial charge in [0.2, 0.25) is 0 Å². The zero-order valence-electron chi connectivity index (χ0n) is 18.3. The molecule has 2 aliphatic carbocycles. The Hall–Kier alpha value is -2.77. The number of rotatable bonds is 6. The number of carbonyl (C=O) groups excluding carboxylic acids is 3. The highest BCUT2D eigenvalue weighted by Gasteiger charge is 2.50. The second-order valence-electron chi connectivity index (χ2n) is 9.31. The molecule has 1 aromatic carbocycles. The van der Waals surface area contributed by atoms with Crippen LogP contribution in [0, 0.1) is 5.92 Å². The summed E-state index contributed by atoms with van der Waals surface area (Å²) in [5.41, 5.74) is 1.79. The van der Waals surface area contributed by atoms with E-state index in [-0.39, 0.29) is 23.5 Å². The lowest BCUT2D eigenvalue weighted by atomic mass is 10.0. The Morgan fingerprint density at radius 1 is 1.00 bits per heavy atom. The van der Waals surface area contributed by atoms with Crippen LogP contribution in [0.4, 0.5) is 0 Å². The van der Waals surface area contributed by atoms with Crippen molar-refractivity contribution < 1.29 is 19.5 Å². The van der Waals surface area contributed by atoms with Crippen LogP contribution in [0.1, 0.15) is 41.6 Å². The van der Waals surface area contributed by atoms with E-state index in [1.807, 2.05) is 12.1 Å². The van der Waals surface area contributed by atoms with E-state index in [4.69, 9.17) is 11.6 Å². The summed E-state index contributed by atoms with van der Waals surface area (Å²) in [5.74, 6) is 0.0743. The van der Waals surface area contributed by atoms with E-state index >= 15 is 0 Å². The SMILES string of the molecule is O=C(Cc1cncc(-c2ccc(C(=O)N3CCN(C(=O)C4(O)CC4)CC3)c(Cl)c2)c1)C1CC1. The molecule has 0 unspecified atom stereocenters. The molecule has 7 nitrogen and oxygen atoms in total. The van der Waals surface area contributed by atoms with E-state index in [0.717, 1.165) is 29.5 Å². The molecule has 1 saturated heterocycles. The first-order valence-electron chi connectivity index (χ1n) is 11.4. The minimum absolute atomic E-state index is 0.175. The van der Waals surface area contributed by atoms with Crippen molar-refractivity contribution in [1.82, 2.24) is 14.8 Å². The normalized spacial score (nSPS) is 19.3. The van der Waals surface area contributed by atoms with Crippen molar-refractivity contribution in [1.29, 1.82) is 0 Å². The van der Waals surface area contributed by atoms with Gasteiger partial charge in [-0.25, -0.2) is 0 Å². The van der Waals surface area contributed by atoms with Gasteiger partial charge in [-0.3, -0.25) is 19.4 Å². The summed E-state index contributed by atoms with van der Waals surface area (Å²) in [5, 5.41) is 10.4. The summed E-state index contributed by atoms with van der Waals surface area (Å²) >= 11 is 6.49. The van der Waals surface area contributed by atoms with E-state index in [0.29, 0.717) is 56.0 Å². The van der Waals surface area contributed by atoms with Crippen molar-refractivity contribution in [3.05, 3.63) is 52.8 Å². The van der Waals surface area contributed by atoms with Crippen molar-refractivity contribution in [2.45, 2.75) is 37.7 Å². The molecule has 3 fully saturated rings. The van der Waals surface area contributed by atoms with Gasteiger partial charge in [-0.05, 0) is 55.0 Å². The molecule has 3 aliphatic rings. The maximum absolute atomic E-state index is 13.0. The minimum atomic E-state index is -1.18. The largest absolute Gasteiger partial charge is 0.380 e. The molecule has 2 saturated carbocycles. The Kier molecular flexibility index (Phi) is 5.70. The maximum atomic E-state index is 13.0. The molecule has 5 rings (SSSR count). The summed E-state index contributed by atoms with van der Waals surface area (Å²) in [6.07, 6.45) is 6.85. The van der Waals surface area contributed by atoms with Crippen LogP contribution in [0.3, 0.4) is 0 Å². The summed E-state index contributed by atoms with van der Waals surface area (Å²) in [6.45, 7) is 1.61. The monoisotopic (exact) mass is 467 g/mol. The fraction of sp³-hybridized carbons (Fsp3) is 0.440. The number of amides is 2. The van der Waals surface area contributed by atoms with E-state index in [1.165, 1.54) is 0 Å². The average molecular weight is 468 g/mol. The van der Waals surface area contributed by atoms with Gasteiger partial charge in [-0.2, -0.15) is 0 Å². The third-order valence-corrected chi connectivity index (χ3v) is 7.03. The third-order valence-electron chi connectivity index (χ3n) is 6.71. The molecule has 0 spiro atoms. The Morgan fingerprint density at radius 2 is 1.70 bits per heavy atom. The molecule has 2 heterocycles. The molecule has 1 aliphatic heterocycles. The number of hydrogen-bond donors (Lipinski definition) is 1. The zero-order chi connectivity index (χ0) is 23.2. The first-order chi connectivity index (χ1) is 15.8. The van der Waals surface area contributed by atoms with Gasteiger partial charge in [-0.1, -0.05) is 17.7 Å². The van der Waals surface area contributed by atoms with Gasteiger partial charge >= 0.3 is 0 Å². The van der Waals surface area contributed by atoms with Crippen LogP contribution in [0.25, 0.3) is 11.1 Å². The first-order valence-corrected chi connectivity index (χ1v) is 11.8. The van der Waals surface area contributed by atoms with Crippen molar-refractivity contribution in [2.24, 2.45) is 5.92 Å². The highest BCUT2D eigenvalue weighted by Crippen LogP contribution is 2.37. The number of Topliss-reactive ketones (excluding diaryl/α,β-unsaturated/α-hetero) is 1. The zero-order valence-corrected chi connectivity index (χ0v) is 19.1. The van der Waals surface area contributed by atoms with Crippen molar-refractivity contribution in [3.8, 4) is 11.1 Å². The summed E-state index contributed by atoms with van der Waals surface area (Å²) in [4.78, 5) is 45.1. The Morgan fingerprint density at radius 3 is 2.33 bits per heavy atom. The van der Waals surface area contributed by atoms with Gasteiger partial charge in [0, 0.05) is 56.5 Å². The highest BCUT2D eigenvalue weighted by molar-refractivity contribution is 6.34. The summed E-state index contributed by atoms with van der Waals surface area (Å²) in [7, 11) is 0. The van der Waals surface area contributed by atoms with Crippen LogP contribution in [0.2, 0.25) is 5.02 Å². The predicted molar refractivity (Wildman–Crippen MR) is 123 cm³/mol. The number of pyridine rings is 1. The molecule has 1 N–H and O–H groups in total. The van der Waals surface area contributed by atoms with Crippen LogP contribution in [-0.4, -0.2) is 69.3 Å². The molecule has 0 bridgehead atoms. The van der Waals surface area contributed by atoms with Crippen molar-refractivity contribution >= 4 is 29.2 Å². The maximum Gasteiger partial charge on any atom is 0.255 e. The van der Waals surface area contributed by atoms with E-state index in [1.54, 1.807) is 34.3 Å². The quantitative estimate of drug-likeness (QED) is 0.705. The van der Waals surface area contributed by atoms with Gasteiger partial charge in [0.15, 0.2) is 0 Å². The van der Waals surface area contributed by atoms with Gasteiger partial charge in [0.05, 0.1) is 10.6 Å². The van der Waals surface area contributed by atoms with Crippen molar-refractivity contribution in [2.75, 3.05) is 26.2 Å². The number of piperazine rings is 1. The Labute approximate surface area is 197 Å². The second kappa shape index (κ2) is 8.54. The second-order valence-corrected chi connectivity index (χ2v) is 9.72. The molecule has 1 aromatic heterocycles. The minimum Gasteiger partial charge on any atom is -0.380 e. The summed E-state index contributed by atoms with van der Waals surface area (Å²) in [6, 6.07) is 7.25. The van der Waals surface area contributed by atoms with Crippen LogP contribution in [-0.2, 0) is 16.0 Å². The van der Waals surface area contributed by atoms with E-state index in [9.17, 15) is 19.5 Å². The predicted octanol–water partition coefficient (Wildman–Crippen LogP) is 2.73. The van der Waals surface area contributed by atoms with Crippen LogP contribution < -0.4 is 0 Å². The first kappa shape index (κ1) is 22.0. The number of nitrogens with zero attached hydrogens (tertiary/aromatic N) is 3. The Bertz CT molecular complexity index is 1120. The van der Waals surface area contributed by atoms with E-state index < -0.39 is 5.60 Å². The fourth-order valence-electron chi connectivity index (χ4n) is 4.27. The third kappa shape index (κ3) is 4.66. The highest BCUT2D eigenvalue weighted by atomic mass is 35.5. The molecule has 2 aromatic rings. The molecular formula is C25H26ClN3O4. The lowest BCUT2D eigenvalue weighted by Crippen LogP contribution is -2.53. The number of hydrogen-bond acceptors (Lipinski definition) is 5. The molecule has 33 heavy (non-hydrogen) atoms. The fourth-order valence-corrected chi connectivity index (χ4v) is 4.53. The van der Waals surface area contributed by atoms with Crippen LogP contribution in [0.5, 0.6) is 0 Å². The van der Waals surface area contributed by atoms with Gasteiger partial charge < -0.3 is 14.9 Å². The van der Waals surface area contributed by atoms with Crippen LogP contribution in [0.15, 0.2) is 36.7 Å². The lowest BCUT2D eigenvalue weighted by Gasteiger charge is -2.36. The molecule has 0 atom stereocenters. The number of aliphatic hydroxyl groups is 1. The van der Waals surface area contributed by atoms with Gasteiger partial charge in [0.1, 0.15) is 11.4 Å². The number of benzene rings is 1.